The number of aryl methyl sites for hydroxylation is 2. The molecule has 5 aromatic rings. The summed E-state index contributed by atoms with van der Waals surface area (Å²) < 4.78 is 8.72. The summed E-state index contributed by atoms with van der Waals surface area (Å²) in [5.74, 6) is -1.04. The number of benzene rings is 2. The average Bonchev–Trinajstić information content (AvgIpc) is 3.48. The molecule has 38 heavy (non-hydrogen) atoms. The molecule has 3 heterocycles. The van der Waals surface area contributed by atoms with Gasteiger partial charge in [0.05, 0.1) is 27.7 Å². The Balaban J connectivity index is 1.74. The number of halogens is 1. The van der Waals surface area contributed by atoms with Crippen molar-refractivity contribution in [2.45, 2.75) is 39.4 Å². The van der Waals surface area contributed by atoms with Crippen molar-refractivity contribution in [2.24, 2.45) is 7.05 Å². The van der Waals surface area contributed by atoms with E-state index in [0.29, 0.717) is 10.6 Å². The number of fused-ring (bicyclic) bond motifs is 1. The number of carboxylic acids is 1. The highest BCUT2D eigenvalue weighted by molar-refractivity contribution is 7.22. The van der Waals surface area contributed by atoms with Crippen LogP contribution in [0.15, 0.2) is 61.1 Å². The fraction of sp³-hybridized carbons (Fsp3) is 0.241. The fourth-order valence-electron chi connectivity index (χ4n) is 4.44. The summed E-state index contributed by atoms with van der Waals surface area (Å²) in [5.41, 5.74) is 5.80. The van der Waals surface area contributed by atoms with Gasteiger partial charge in [0.15, 0.2) is 6.10 Å². The lowest BCUT2D eigenvalue weighted by molar-refractivity contribution is -0.160. The molecule has 3 aromatic heterocycles. The number of nitrogens with zero attached hydrogens (tertiary/aromatic N) is 4. The summed E-state index contributed by atoms with van der Waals surface area (Å²) in [7, 11) is 1.87. The molecule has 0 aliphatic rings. The average molecular weight is 547 g/mol. The molecule has 0 fully saturated rings. The van der Waals surface area contributed by atoms with Gasteiger partial charge in [0.2, 0.25) is 0 Å². The summed E-state index contributed by atoms with van der Waals surface area (Å²) >= 11 is 7.71. The van der Waals surface area contributed by atoms with E-state index in [-0.39, 0.29) is 0 Å². The van der Waals surface area contributed by atoms with Crippen LogP contribution in [0, 0.1) is 6.92 Å². The lowest BCUT2D eigenvalue weighted by Crippen LogP contribution is -2.28. The lowest BCUT2D eigenvalue weighted by atomic mass is 9.91. The van der Waals surface area contributed by atoms with E-state index in [1.165, 1.54) is 11.3 Å². The minimum Gasteiger partial charge on any atom is -0.479 e. The first kappa shape index (κ1) is 26.0. The SMILES string of the molecule is Cc1cc2nc(-c3ccnc(-c4cnn(C)c4)c3)sc2c(-c2ccc(Cl)cc2)c1C(OC(C)(C)C)C(=O)O. The summed E-state index contributed by atoms with van der Waals surface area (Å²) in [6.07, 6.45) is 4.30. The smallest absolute Gasteiger partial charge is 0.337 e. The van der Waals surface area contributed by atoms with Crippen molar-refractivity contribution in [1.82, 2.24) is 19.7 Å². The summed E-state index contributed by atoms with van der Waals surface area (Å²) in [6, 6.07) is 13.3. The molecule has 2 aromatic carbocycles. The maximum absolute atomic E-state index is 12.5. The van der Waals surface area contributed by atoms with Gasteiger partial charge in [0.1, 0.15) is 5.01 Å². The Labute approximate surface area is 229 Å². The van der Waals surface area contributed by atoms with Crippen LogP contribution in [-0.4, -0.2) is 36.4 Å². The molecule has 0 radical (unpaired) electrons. The van der Waals surface area contributed by atoms with Gasteiger partial charge in [-0.1, -0.05) is 23.7 Å². The van der Waals surface area contributed by atoms with Gasteiger partial charge in [-0.15, -0.1) is 11.3 Å². The predicted octanol–water partition coefficient (Wildman–Crippen LogP) is 7.33. The summed E-state index contributed by atoms with van der Waals surface area (Å²) in [6.45, 7) is 7.47. The molecule has 0 aliphatic carbocycles. The minimum atomic E-state index is -1.16. The van der Waals surface area contributed by atoms with Crippen LogP contribution in [0.3, 0.4) is 0 Å². The van der Waals surface area contributed by atoms with Crippen molar-refractivity contribution in [2.75, 3.05) is 0 Å². The molecule has 9 heteroatoms. The Morgan fingerprint density at radius 1 is 1.11 bits per heavy atom. The van der Waals surface area contributed by atoms with Crippen molar-refractivity contribution in [3.8, 4) is 33.0 Å². The highest BCUT2D eigenvalue weighted by atomic mass is 35.5. The second kappa shape index (κ2) is 9.94. The van der Waals surface area contributed by atoms with Gasteiger partial charge in [-0.3, -0.25) is 9.67 Å². The van der Waals surface area contributed by atoms with Gasteiger partial charge in [0.25, 0.3) is 0 Å². The van der Waals surface area contributed by atoms with Crippen LogP contribution in [0.25, 0.3) is 43.2 Å². The third kappa shape index (κ3) is 5.20. The number of hydrogen-bond donors (Lipinski definition) is 1. The van der Waals surface area contributed by atoms with Crippen LogP contribution in [0.5, 0.6) is 0 Å². The zero-order valence-corrected chi connectivity index (χ0v) is 23.3. The van der Waals surface area contributed by atoms with Crippen LogP contribution in [0.2, 0.25) is 5.02 Å². The number of carbonyl (C=O) groups is 1. The van der Waals surface area contributed by atoms with Gasteiger partial charge < -0.3 is 9.84 Å². The molecule has 0 saturated carbocycles. The van der Waals surface area contributed by atoms with E-state index >= 15 is 0 Å². The number of aromatic nitrogens is 4. The Morgan fingerprint density at radius 3 is 2.47 bits per heavy atom. The van der Waals surface area contributed by atoms with Crippen molar-refractivity contribution < 1.29 is 14.6 Å². The van der Waals surface area contributed by atoms with Crippen molar-refractivity contribution in [3.63, 3.8) is 0 Å². The summed E-state index contributed by atoms with van der Waals surface area (Å²) in [5, 5.41) is 15.9. The molecule has 0 amide bonds. The second-order valence-corrected chi connectivity index (χ2v) is 11.6. The Kier molecular flexibility index (Phi) is 6.81. The maximum Gasteiger partial charge on any atom is 0.337 e. The van der Waals surface area contributed by atoms with Crippen molar-refractivity contribution in [3.05, 3.63) is 77.2 Å². The monoisotopic (exact) mass is 546 g/mol. The first-order valence-corrected chi connectivity index (χ1v) is 13.3. The van der Waals surface area contributed by atoms with E-state index in [0.717, 1.165) is 48.7 Å². The topological polar surface area (TPSA) is 90.1 Å². The normalized spacial score (nSPS) is 12.7. The third-order valence-electron chi connectivity index (χ3n) is 6.03. The van der Waals surface area contributed by atoms with E-state index in [2.05, 4.69) is 10.1 Å². The fourth-order valence-corrected chi connectivity index (χ4v) is 5.68. The van der Waals surface area contributed by atoms with Crippen LogP contribution < -0.4 is 0 Å². The minimum absolute atomic E-state index is 0.602. The number of thiazole rings is 1. The van der Waals surface area contributed by atoms with Crippen molar-refractivity contribution >= 4 is 39.1 Å². The zero-order valence-electron chi connectivity index (χ0n) is 21.7. The number of pyridine rings is 1. The molecule has 1 N–H and O–H groups in total. The molecule has 1 atom stereocenters. The molecule has 7 nitrogen and oxygen atoms in total. The molecule has 0 spiro atoms. The van der Waals surface area contributed by atoms with Crippen LogP contribution in [0.1, 0.15) is 38.0 Å². The number of hydrogen-bond acceptors (Lipinski definition) is 6. The Hall–Kier alpha value is -3.59. The standard InChI is InChI=1S/C29H27ClN4O3S/c1-16-12-22-26(38-27(33-22)18-10-11-31-21(13-18)19-14-32-34(5)15-19)24(17-6-8-20(30)9-7-17)23(16)25(28(35)36)37-29(2,3)4/h6-15,25H,1-5H3,(H,35,36). The van der Waals surface area contributed by atoms with E-state index in [4.69, 9.17) is 21.3 Å². The maximum atomic E-state index is 12.5. The first-order valence-electron chi connectivity index (χ1n) is 12.1. The summed E-state index contributed by atoms with van der Waals surface area (Å²) in [4.78, 5) is 22.0. The number of ether oxygens (including phenoxy) is 1. The molecule has 0 aliphatic heterocycles. The molecule has 194 valence electrons. The number of rotatable bonds is 6. The molecule has 5 rings (SSSR count). The lowest BCUT2D eigenvalue weighted by Gasteiger charge is -2.28. The number of aliphatic carboxylic acids is 1. The van der Waals surface area contributed by atoms with Gasteiger partial charge in [-0.25, -0.2) is 9.78 Å². The predicted molar refractivity (Wildman–Crippen MR) is 151 cm³/mol. The largest absolute Gasteiger partial charge is 0.479 e. The van der Waals surface area contributed by atoms with Crippen LogP contribution in [-0.2, 0) is 16.6 Å². The highest BCUT2D eigenvalue weighted by Crippen LogP contribution is 2.44. The van der Waals surface area contributed by atoms with E-state index in [9.17, 15) is 9.90 Å². The van der Waals surface area contributed by atoms with E-state index in [1.54, 1.807) is 29.2 Å². The van der Waals surface area contributed by atoms with Crippen molar-refractivity contribution in [1.29, 1.82) is 0 Å². The zero-order chi connectivity index (χ0) is 27.2. The first-order chi connectivity index (χ1) is 18.0. The molecule has 0 bridgehead atoms. The van der Waals surface area contributed by atoms with Gasteiger partial charge in [-0.2, -0.15) is 5.10 Å². The third-order valence-corrected chi connectivity index (χ3v) is 7.42. The van der Waals surface area contributed by atoms with Gasteiger partial charge in [-0.05, 0) is 69.2 Å². The molecular weight excluding hydrogens is 520 g/mol. The molecule has 1 unspecified atom stereocenters. The van der Waals surface area contributed by atoms with E-state index < -0.39 is 17.7 Å². The molecule has 0 saturated heterocycles. The Morgan fingerprint density at radius 2 is 1.84 bits per heavy atom. The van der Waals surface area contributed by atoms with Gasteiger partial charge >= 0.3 is 5.97 Å². The van der Waals surface area contributed by atoms with Crippen LogP contribution in [0.4, 0.5) is 0 Å². The Bertz CT molecular complexity index is 1650. The molecular formula is C29H27ClN4O3S. The quantitative estimate of drug-likeness (QED) is 0.240. The second-order valence-electron chi connectivity index (χ2n) is 10.1. The number of carboxylic acid groups (broad SMARTS) is 1. The van der Waals surface area contributed by atoms with Gasteiger partial charge in [0, 0.05) is 46.7 Å². The highest BCUT2D eigenvalue weighted by Gasteiger charge is 2.32. The van der Waals surface area contributed by atoms with E-state index in [1.807, 2.05) is 71.3 Å². The van der Waals surface area contributed by atoms with Crippen LogP contribution >= 0.6 is 22.9 Å².